The number of primary amides is 1. The minimum absolute atomic E-state index is 0.130. The second kappa shape index (κ2) is 17.1. The number of nitrogens with zero attached hydrogens (tertiary/aromatic N) is 1. The topological polar surface area (TPSA) is 144 Å². The molecule has 3 amide bonds. The van der Waals surface area contributed by atoms with E-state index in [0.717, 1.165) is 22.0 Å². The first kappa shape index (κ1) is 30.6. The molecule has 0 bridgehead atoms. The highest BCUT2D eigenvalue weighted by Gasteiger charge is 2.40. The van der Waals surface area contributed by atoms with Gasteiger partial charge in [-0.05, 0) is 35.9 Å². The average molecular weight is 570 g/mol. The smallest absolute Gasteiger partial charge is 0.242 e. The average Bonchev–Trinajstić information content (AvgIpc) is 3.54. The lowest BCUT2D eigenvalue weighted by Crippen LogP contribution is -2.50. The molecular formula is C24H33BrN4O5S. The van der Waals surface area contributed by atoms with Gasteiger partial charge < -0.3 is 25.8 Å². The summed E-state index contributed by atoms with van der Waals surface area (Å²) in [7, 11) is 0. The first-order valence-corrected chi connectivity index (χ1v) is 13.1. The Kier molecular flexibility index (Phi) is 15.0. The van der Waals surface area contributed by atoms with Gasteiger partial charge in [-0.1, -0.05) is 41.9 Å². The van der Waals surface area contributed by atoms with E-state index < -0.39 is 11.8 Å². The van der Waals surface area contributed by atoms with Gasteiger partial charge in [-0.3, -0.25) is 14.4 Å². The fourth-order valence-corrected chi connectivity index (χ4v) is 4.74. The van der Waals surface area contributed by atoms with E-state index in [1.807, 2.05) is 43.5 Å². The number of hydrogen-bond acceptors (Lipinski definition) is 7. The number of nitrogens with two attached hydrogens (primary N) is 1. The van der Waals surface area contributed by atoms with Crippen LogP contribution in [0.15, 0.2) is 39.7 Å². The second-order valence-corrected chi connectivity index (χ2v) is 9.46. The molecule has 2 heterocycles. The molecule has 0 aromatic heterocycles. The predicted octanol–water partition coefficient (Wildman–Crippen LogP) is 2.79. The zero-order valence-electron chi connectivity index (χ0n) is 20.0. The minimum Gasteiger partial charge on any atom is -0.372 e. The van der Waals surface area contributed by atoms with Gasteiger partial charge in [0, 0.05) is 34.7 Å². The Hall–Kier alpha value is -2.39. The summed E-state index contributed by atoms with van der Waals surface area (Å²) < 4.78 is 12.8. The third-order valence-corrected chi connectivity index (χ3v) is 6.79. The van der Waals surface area contributed by atoms with Crippen LogP contribution in [0.1, 0.15) is 38.7 Å². The lowest BCUT2D eigenvalue weighted by Gasteiger charge is -2.31. The number of amides is 3. The van der Waals surface area contributed by atoms with Crippen molar-refractivity contribution in [2.75, 3.05) is 19.8 Å². The molecule has 2 unspecified atom stereocenters. The number of carbonyl (C=O) groups is 3. The summed E-state index contributed by atoms with van der Waals surface area (Å²) in [5.74, 6) is -1.20. The van der Waals surface area contributed by atoms with Crippen LogP contribution in [-0.2, 0) is 30.3 Å². The van der Waals surface area contributed by atoms with E-state index in [1.54, 1.807) is 0 Å². The Morgan fingerprint density at radius 1 is 1.31 bits per heavy atom. The molecule has 11 heteroatoms. The highest BCUT2D eigenvalue weighted by molar-refractivity contribution is 9.10. The van der Waals surface area contributed by atoms with Gasteiger partial charge in [0.15, 0.2) is 5.79 Å². The summed E-state index contributed by atoms with van der Waals surface area (Å²) in [5.41, 5.74) is 6.03. The molecule has 192 valence electrons. The van der Waals surface area contributed by atoms with E-state index in [-0.39, 0.29) is 24.0 Å². The Balaban J connectivity index is 0.00000114. The Labute approximate surface area is 219 Å². The fourth-order valence-electron chi connectivity index (χ4n) is 3.52. The first-order chi connectivity index (χ1) is 16.9. The van der Waals surface area contributed by atoms with Crippen LogP contribution in [0.4, 0.5) is 0 Å². The van der Waals surface area contributed by atoms with Gasteiger partial charge in [0.1, 0.15) is 6.04 Å². The van der Waals surface area contributed by atoms with Crippen molar-refractivity contribution in [2.24, 2.45) is 5.73 Å². The second-order valence-electron chi connectivity index (χ2n) is 7.37. The number of hydrogen-bond donors (Lipinski definition) is 3. The maximum absolute atomic E-state index is 12.7. The molecule has 2 aliphatic rings. The standard InChI is InChI=1S/C21H24BrN3O4S.C2H6.CH3NO/c22-17-3-1-15(2-4-17)5-6-21(28-7-8-29-21)10-19(25-14-26)20(27)24-12-18-9-16(11-23)13-30-18;1-2;2-1-3/h1-4,13-14,18-19H,5-10,12H2,(H,24,27)(H,25,26);1-2H3;1H,(H2,2,3). The number of carbonyl (C=O) groups excluding carboxylic acids is 3. The summed E-state index contributed by atoms with van der Waals surface area (Å²) in [6.45, 7) is 5.34. The number of nitrogens with one attached hydrogen (secondary N) is 2. The molecule has 0 saturated carbocycles. The lowest BCUT2D eigenvalue weighted by atomic mass is 9.97. The number of rotatable bonds is 10. The third-order valence-electron chi connectivity index (χ3n) is 5.12. The van der Waals surface area contributed by atoms with Crippen LogP contribution < -0.4 is 16.4 Å². The Morgan fingerprint density at radius 2 is 1.94 bits per heavy atom. The third kappa shape index (κ3) is 10.8. The monoisotopic (exact) mass is 568 g/mol. The van der Waals surface area contributed by atoms with Crippen LogP contribution in [0.25, 0.3) is 0 Å². The molecule has 4 N–H and O–H groups in total. The SMILES string of the molecule is CC.N#CC1=CSC(CNC(=O)C(CC2(CCc3ccc(Br)cc3)OCCO2)NC=O)C1.NC=O. The molecule has 0 spiro atoms. The lowest BCUT2D eigenvalue weighted by molar-refractivity contribution is -0.173. The molecule has 2 atom stereocenters. The number of thioether (sulfide) groups is 1. The fraction of sp³-hybridized carbons (Fsp3) is 0.500. The summed E-state index contributed by atoms with van der Waals surface area (Å²) in [5, 5.41) is 16.4. The number of nitriles is 1. The number of benzene rings is 1. The van der Waals surface area contributed by atoms with Crippen molar-refractivity contribution < 1.29 is 23.9 Å². The Bertz CT molecular complexity index is 870. The van der Waals surface area contributed by atoms with E-state index in [4.69, 9.17) is 19.5 Å². The van der Waals surface area contributed by atoms with Crippen LogP contribution in [-0.4, -0.2) is 55.6 Å². The number of aryl methyl sites for hydroxylation is 1. The van der Waals surface area contributed by atoms with Crippen molar-refractivity contribution >= 4 is 46.4 Å². The molecule has 3 rings (SSSR count). The van der Waals surface area contributed by atoms with Crippen molar-refractivity contribution in [1.82, 2.24) is 10.6 Å². The van der Waals surface area contributed by atoms with E-state index in [0.29, 0.717) is 39.0 Å². The number of halogens is 1. The molecular weight excluding hydrogens is 536 g/mol. The molecule has 0 aliphatic carbocycles. The van der Waals surface area contributed by atoms with Gasteiger partial charge in [0.05, 0.1) is 19.3 Å². The van der Waals surface area contributed by atoms with Crippen molar-refractivity contribution in [3.05, 3.63) is 45.3 Å². The van der Waals surface area contributed by atoms with Gasteiger partial charge in [-0.25, -0.2) is 0 Å². The zero-order valence-corrected chi connectivity index (χ0v) is 22.4. The molecule has 1 saturated heterocycles. The van der Waals surface area contributed by atoms with Crippen molar-refractivity contribution in [3.63, 3.8) is 0 Å². The van der Waals surface area contributed by atoms with Gasteiger partial charge in [0.25, 0.3) is 0 Å². The summed E-state index contributed by atoms with van der Waals surface area (Å²) in [4.78, 5) is 32.5. The first-order valence-electron chi connectivity index (χ1n) is 11.3. The van der Waals surface area contributed by atoms with Gasteiger partial charge in [0.2, 0.25) is 18.7 Å². The van der Waals surface area contributed by atoms with Crippen LogP contribution in [0.3, 0.4) is 0 Å². The normalized spacial score (nSPS) is 18.3. The highest BCUT2D eigenvalue weighted by Crippen LogP contribution is 2.31. The molecule has 9 nitrogen and oxygen atoms in total. The van der Waals surface area contributed by atoms with Crippen LogP contribution in [0.5, 0.6) is 0 Å². The van der Waals surface area contributed by atoms with Gasteiger partial charge in [-0.15, -0.1) is 11.8 Å². The van der Waals surface area contributed by atoms with E-state index in [2.05, 4.69) is 38.4 Å². The molecule has 35 heavy (non-hydrogen) atoms. The van der Waals surface area contributed by atoms with E-state index in [1.165, 1.54) is 11.8 Å². The van der Waals surface area contributed by atoms with Crippen molar-refractivity contribution in [3.8, 4) is 6.07 Å². The predicted molar refractivity (Wildman–Crippen MR) is 139 cm³/mol. The van der Waals surface area contributed by atoms with Crippen LogP contribution >= 0.6 is 27.7 Å². The molecule has 1 aromatic carbocycles. The largest absolute Gasteiger partial charge is 0.372 e. The molecule has 1 aromatic rings. The maximum Gasteiger partial charge on any atom is 0.242 e. The molecule has 2 aliphatic heterocycles. The van der Waals surface area contributed by atoms with Crippen molar-refractivity contribution in [2.45, 2.75) is 56.6 Å². The zero-order chi connectivity index (χ0) is 26.1. The maximum atomic E-state index is 12.7. The van der Waals surface area contributed by atoms with E-state index >= 15 is 0 Å². The molecule has 0 radical (unpaired) electrons. The summed E-state index contributed by atoms with van der Waals surface area (Å²) in [6.07, 6.45) is 2.95. The summed E-state index contributed by atoms with van der Waals surface area (Å²) in [6, 6.07) is 9.40. The van der Waals surface area contributed by atoms with E-state index in [9.17, 15) is 9.59 Å². The van der Waals surface area contributed by atoms with Gasteiger partial charge in [-0.2, -0.15) is 5.26 Å². The highest BCUT2D eigenvalue weighted by atomic mass is 79.9. The van der Waals surface area contributed by atoms with Crippen LogP contribution in [0.2, 0.25) is 0 Å². The molecule has 1 fully saturated rings. The minimum atomic E-state index is -0.914. The Morgan fingerprint density at radius 3 is 2.49 bits per heavy atom. The number of allylic oxidation sites excluding steroid dienone is 1. The van der Waals surface area contributed by atoms with Crippen molar-refractivity contribution in [1.29, 1.82) is 5.26 Å². The number of ether oxygens (including phenoxy) is 2. The summed E-state index contributed by atoms with van der Waals surface area (Å²) >= 11 is 4.97. The van der Waals surface area contributed by atoms with Gasteiger partial charge >= 0.3 is 0 Å². The quantitative estimate of drug-likeness (QED) is 0.368. The van der Waals surface area contributed by atoms with Crippen LogP contribution in [0, 0.1) is 11.3 Å².